The number of amides is 1. The Balaban J connectivity index is 2.61. The second-order valence-corrected chi connectivity index (χ2v) is 3.50. The van der Waals surface area contributed by atoms with E-state index >= 15 is 0 Å². The molecule has 1 aliphatic heterocycles. The summed E-state index contributed by atoms with van der Waals surface area (Å²) in [5, 5.41) is 8.43. The fourth-order valence-corrected chi connectivity index (χ4v) is 1.53. The van der Waals surface area contributed by atoms with Crippen molar-refractivity contribution in [3.63, 3.8) is 0 Å². The van der Waals surface area contributed by atoms with Crippen molar-refractivity contribution < 1.29 is 9.53 Å². The Morgan fingerprint density at radius 1 is 1.77 bits per heavy atom. The maximum atomic E-state index is 11.7. The summed E-state index contributed by atoms with van der Waals surface area (Å²) < 4.78 is 5.37. The molecule has 0 saturated carbocycles. The molecule has 1 aliphatic rings. The van der Waals surface area contributed by atoms with Crippen molar-refractivity contribution in [2.45, 2.75) is 25.4 Å². The van der Waals surface area contributed by atoms with E-state index < -0.39 is 5.60 Å². The molecule has 0 aromatic heterocycles. The van der Waals surface area contributed by atoms with Crippen LogP contribution >= 0.6 is 0 Å². The van der Waals surface area contributed by atoms with Gasteiger partial charge >= 0.3 is 0 Å². The lowest BCUT2D eigenvalue weighted by Crippen LogP contribution is -2.45. The minimum atomic E-state index is -0.689. The van der Waals surface area contributed by atoms with Gasteiger partial charge in [0.05, 0.1) is 6.07 Å². The van der Waals surface area contributed by atoms with Crippen LogP contribution in [0.5, 0.6) is 0 Å². The first kappa shape index (κ1) is 10.0. The van der Waals surface area contributed by atoms with E-state index in [0.29, 0.717) is 6.61 Å². The lowest BCUT2D eigenvalue weighted by Gasteiger charge is -2.26. The number of hydrogen-bond acceptors (Lipinski definition) is 3. The van der Waals surface area contributed by atoms with Crippen LogP contribution in [0.1, 0.15) is 19.8 Å². The molecule has 0 aromatic rings. The lowest BCUT2D eigenvalue weighted by molar-refractivity contribution is -0.148. The van der Waals surface area contributed by atoms with E-state index in [-0.39, 0.29) is 12.5 Å². The molecule has 1 saturated heterocycles. The summed E-state index contributed by atoms with van der Waals surface area (Å²) in [6, 6.07) is 1.94. The van der Waals surface area contributed by atoms with Gasteiger partial charge in [0.2, 0.25) is 0 Å². The van der Waals surface area contributed by atoms with Crippen LogP contribution in [0.25, 0.3) is 0 Å². The monoisotopic (exact) mass is 182 g/mol. The van der Waals surface area contributed by atoms with Gasteiger partial charge in [-0.1, -0.05) is 0 Å². The van der Waals surface area contributed by atoms with Crippen LogP contribution in [-0.2, 0) is 9.53 Å². The Morgan fingerprint density at radius 3 is 2.92 bits per heavy atom. The van der Waals surface area contributed by atoms with Crippen molar-refractivity contribution in [3.8, 4) is 6.07 Å². The van der Waals surface area contributed by atoms with Crippen LogP contribution in [-0.4, -0.2) is 36.6 Å². The first-order chi connectivity index (χ1) is 6.10. The summed E-state index contributed by atoms with van der Waals surface area (Å²) in [5.74, 6) is -0.0912. The Kier molecular flexibility index (Phi) is 2.89. The van der Waals surface area contributed by atoms with Crippen molar-refractivity contribution in [1.29, 1.82) is 5.26 Å². The molecule has 0 bridgehead atoms. The van der Waals surface area contributed by atoms with E-state index in [9.17, 15) is 4.79 Å². The number of ether oxygens (including phenoxy) is 1. The van der Waals surface area contributed by atoms with Gasteiger partial charge < -0.3 is 9.64 Å². The predicted molar refractivity (Wildman–Crippen MR) is 46.8 cm³/mol. The Labute approximate surface area is 78.1 Å². The molecule has 0 aliphatic carbocycles. The fourth-order valence-electron chi connectivity index (χ4n) is 1.53. The minimum absolute atomic E-state index is 0.0912. The zero-order valence-corrected chi connectivity index (χ0v) is 8.04. The third kappa shape index (κ3) is 1.99. The van der Waals surface area contributed by atoms with Gasteiger partial charge in [-0.2, -0.15) is 5.26 Å². The van der Waals surface area contributed by atoms with Gasteiger partial charge in [-0.3, -0.25) is 4.79 Å². The SMILES string of the molecule is CN(CC#N)C(=O)C1(C)CCCO1. The van der Waals surface area contributed by atoms with Gasteiger partial charge in [-0.05, 0) is 19.8 Å². The average Bonchev–Trinajstić information content (AvgIpc) is 2.52. The summed E-state index contributed by atoms with van der Waals surface area (Å²) in [4.78, 5) is 13.1. The van der Waals surface area contributed by atoms with E-state index in [2.05, 4.69) is 0 Å². The first-order valence-electron chi connectivity index (χ1n) is 4.36. The van der Waals surface area contributed by atoms with Crippen LogP contribution < -0.4 is 0 Å². The number of carbonyl (C=O) groups is 1. The Morgan fingerprint density at radius 2 is 2.46 bits per heavy atom. The van der Waals surface area contributed by atoms with Crippen molar-refractivity contribution >= 4 is 5.91 Å². The number of nitrogens with zero attached hydrogens (tertiary/aromatic N) is 2. The largest absolute Gasteiger partial charge is 0.365 e. The van der Waals surface area contributed by atoms with Gasteiger partial charge in [-0.25, -0.2) is 0 Å². The molecular weight excluding hydrogens is 168 g/mol. The van der Waals surface area contributed by atoms with E-state index in [1.165, 1.54) is 4.90 Å². The number of nitriles is 1. The lowest BCUT2D eigenvalue weighted by atomic mass is 10.0. The topological polar surface area (TPSA) is 53.3 Å². The molecule has 1 heterocycles. The Bertz CT molecular complexity index is 238. The summed E-state index contributed by atoms with van der Waals surface area (Å²) in [6.07, 6.45) is 1.67. The number of likely N-dealkylation sites (N-methyl/N-ethyl adjacent to an activating group) is 1. The van der Waals surface area contributed by atoms with Gasteiger partial charge in [0, 0.05) is 13.7 Å². The van der Waals surface area contributed by atoms with Crippen LogP contribution in [0.2, 0.25) is 0 Å². The molecule has 0 aromatic carbocycles. The zero-order chi connectivity index (χ0) is 9.90. The minimum Gasteiger partial charge on any atom is -0.365 e. The van der Waals surface area contributed by atoms with E-state index in [4.69, 9.17) is 10.00 Å². The average molecular weight is 182 g/mol. The van der Waals surface area contributed by atoms with Crippen LogP contribution in [0, 0.1) is 11.3 Å². The molecule has 1 fully saturated rings. The molecule has 0 spiro atoms. The molecule has 1 rings (SSSR count). The summed E-state index contributed by atoms with van der Waals surface area (Å²) in [6.45, 7) is 2.55. The van der Waals surface area contributed by atoms with Crippen molar-refractivity contribution in [3.05, 3.63) is 0 Å². The molecule has 0 radical (unpaired) electrons. The molecular formula is C9H14N2O2. The third-order valence-electron chi connectivity index (χ3n) is 2.33. The molecule has 1 atom stereocenters. The molecule has 1 amide bonds. The maximum Gasteiger partial charge on any atom is 0.255 e. The fraction of sp³-hybridized carbons (Fsp3) is 0.778. The van der Waals surface area contributed by atoms with Crippen LogP contribution in [0.4, 0.5) is 0 Å². The van der Waals surface area contributed by atoms with E-state index in [1.807, 2.05) is 6.07 Å². The van der Waals surface area contributed by atoms with E-state index in [0.717, 1.165) is 12.8 Å². The third-order valence-corrected chi connectivity index (χ3v) is 2.33. The second kappa shape index (κ2) is 3.75. The molecule has 4 heteroatoms. The van der Waals surface area contributed by atoms with Crippen LogP contribution in [0.3, 0.4) is 0 Å². The molecule has 72 valence electrons. The number of hydrogen-bond donors (Lipinski definition) is 0. The quantitative estimate of drug-likeness (QED) is 0.585. The highest BCUT2D eigenvalue weighted by molar-refractivity contribution is 5.85. The highest BCUT2D eigenvalue weighted by atomic mass is 16.5. The van der Waals surface area contributed by atoms with E-state index in [1.54, 1.807) is 14.0 Å². The predicted octanol–water partition coefficient (Wildman–Crippen LogP) is 0.537. The van der Waals surface area contributed by atoms with Gasteiger partial charge in [0.25, 0.3) is 5.91 Å². The molecule has 0 N–H and O–H groups in total. The Hall–Kier alpha value is -1.08. The van der Waals surface area contributed by atoms with Crippen molar-refractivity contribution in [2.24, 2.45) is 0 Å². The second-order valence-electron chi connectivity index (χ2n) is 3.50. The summed E-state index contributed by atoms with van der Waals surface area (Å²) in [5.41, 5.74) is -0.689. The van der Waals surface area contributed by atoms with Crippen LogP contribution in [0.15, 0.2) is 0 Å². The van der Waals surface area contributed by atoms with Gasteiger partial charge in [0.1, 0.15) is 12.1 Å². The standard InChI is InChI=1S/C9H14N2O2/c1-9(4-3-7-13-9)8(12)11(2)6-5-10/h3-4,6-7H2,1-2H3. The highest BCUT2D eigenvalue weighted by Crippen LogP contribution is 2.26. The zero-order valence-electron chi connectivity index (χ0n) is 8.04. The molecule has 4 nitrogen and oxygen atoms in total. The van der Waals surface area contributed by atoms with Crippen molar-refractivity contribution in [2.75, 3.05) is 20.2 Å². The molecule has 13 heavy (non-hydrogen) atoms. The number of rotatable bonds is 2. The highest BCUT2D eigenvalue weighted by Gasteiger charge is 2.39. The molecule has 1 unspecified atom stereocenters. The summed E-state index contributed by atoms with van der Waals surface area (Å²) >= 11 is 0. The first-order valence-corrected chi connectivity index (χ1v) is 4.36. The maximum absolute atomic E-state index is 11.7. The van der Waals surface area contributed by atoms with Gasteiger partial charge in [-0.15, -0.1) is 0 Å². The smallest absolute Gasteiger partial charge is 0.255 e. The summed E-state index contributed by atoms with van der Waals surface area (Å²) in [7, 11) is 1.62. The number of carbonyl (C=O) groups excluding carboxylic acids is 1. The normalized spacial score (nSPS) is 26.8. The van der Waals surface area contributed by atoms with Crippen molar-refractivity contribution in [1.82, 2.24) is 4.90 Å². The van der Waals surface area contributed by atoms with Gasteiger partial charge in [0.15, 0.2) is 0 Å².